The van der Waals surface area contributed by atoms with Gasteiger partial charge in [0.15, 0.2) is 0 Å². The van der Waals surface area contributed by atoms with E-state index in [0.29, 0.717) is 0 Å². The molecule has 0 aromatic rings. The molecule has 0 N–H and O–H groups in total. The Morgan fingerprint density at radius 2 is 1.92 bits per heavy atom. The van der Waals surface area contributed by atoms with E-state index in [1.165, 1.54) is 11.5 Å². The van der Waals surface area contributed by atoms with Crippen molar-refractivity contribution in [1.29, 1.82) is 0 Å². The minimum absolute atomic E-state index is 0.729. The Labute approximate surface area is 81.0 Å². The minimum atomic E-state index is 0.729. The van der Waals surface area contributed by atoms with Crippen molar-refractivity contribution in [2.24, 2.45) is 16.8 Å². The lowest BCUT2D eigenvalue weighted by molar-refractivity contribution is 0.448. The molecule has 12 heavy (non-hydrogen) atoms. The monoisotopic (exact) mass is 187 g/mol. The van der Waals surface area contributed by atoms with Crippen LogP contribution in [0.2, 0.25) is 0 Å². The molecule has 0 fully saturated rings. The van der Waals surface area contributed by atoms with Crippen molar-refractivity contribution in [2.45, 2.75) is 34.1 Å². The van der Waals surface area contributed by atoms with E-state index >= 15 is 0 Å². The van der Waals surface area contributed by atoms with Gasteiger partial charge in [0.1, 0.15) is 0 Å². The van der Waals surface area contributed by atoms with Gasteiger partial charge in [0.05, 0.1) is 5.04 Å². The molecule has 0 rings (SSSR count). The first kappa shape index (κ1) is 12.0. The fraction of sp³-hybridized carbons (Fsp3) is 0.900. The second-order valence-electron chi connectivity index (χ2n) is 3.80. The van der Waals surface area contributed by atoms with Gasteiger partial charge < -0.3 is 0 Å². The second-order valence-corrected chi connectivity index (χ2v) is 4.80. The van der Waals surface area contributed by atoms with Gasteiger partial charge in [-0.3, -0.25) is 4.99 Å². The average molecular weight is 187 g/mol. The van der Waals surface area contributed by atoms with Crippen molar-refractivity contribution < 1.29 is 0 Å². The van der Waals surface area contributed by atoms with Crippen molar-refractivity contribution >= 4 is 16.8 Å². The zero-order chi connectivity index (χ0) is 9.56. The molecule has 0 aliphatic carbocycles. The molecule has 0 amide bonds. The standard InChI is InChI=1S/C10H21NS/c1-8(2)6-9(3)7-11-10(4)12-5/h8-9H,6-7H2,1-5H3. The number of hydrogen-bond acceptors (Lipinski definition) is 2. The van der Waals surface area contributed by atoms with Gasteiger partial charge in [-0.2, -0.15) is 0 Å². The fourth-order valence-electron chi connectivity index (χ4n) is 1.23. The topological polar surface area (TPSA) is 12.4 Å². The Kier molecular flexibility index (Phi) is 6.54. The molecule has 1 unspecified atom stereocenters. The highest BCUT2D eigenvalue weighted by Crippen LogP contribution is 2.11. The molecule has 0 spiro atoms. The van der Waals surface area contributed by atoms with Gasteiger partial charge in [0, 0.05) is 6.54 Å². The van der Waals surface area contributed by atoms with Crippen LogP contribution >= 0.6 is 11.8 Å². The first-order chi connectivity index (χ1) is 5.56. The van der Waals surface area contributed by atoms with Crippen LogP contribution in [0.4, 0.5) is 0 Å². The van der Waals surface area contributed by atoms with Crippen LogP contribution < -0.4 is 0 Å². The first-order valence-electron chi connectivity index (χ1n) is 4.61. The maximum Gasteiger partial charge on any atom is 0.0642 e. The summed E-state index contributed by atoms with van der Waals surface area (Å²) in [6.45, 7) is 9.87. The highest BCUT2D eigenvalue weighted by Gasteiger charge is 2.03. The first-order valence-corrected chi connectivity index (χ1v) is 5.83. The summed E-state index contributed by atoms with van der Waals surface area (Å²) in [5, 5.41) is 1.20. The zero-order valence-corrected chi connectivity index (χ0v) is 9.74. The van der Waals surface area contributed by atoms with E-state index in [0.717, 1.165) is 18.4 Å². The van der Waals surface area contributed by atoms with E-state index in [1.54, 1.807) is 11.8 Å². The molecule has 0 aromatic carbocycles. The summed E-state index contributed by atoms with van der Waals surface area (Å²) in [4.78, 5) is 4.48. The summed E-state index contributed by atoms with van der Waals surface area (Å²) in [5.74, 6) is 1.52. The molecule has 0 heterocycles. The maximum atomic E-state index is 4.48. The van der Waals surface area contributed by atoms with E-state index in [1.807, 2.05) is 0 Å². The van der Waals surface area contributed by atoms with E-state index in [4.69, 9.17) is 0 Å². The molecule has 0 radical (unpaired) electrons. The molecular weight excluding hydrogens is 166 g/mol. The summed E-state index contributed by atoms with van der Waals surface area (Å²) in [5.41, 5.74) is 0. The quantitative estimate of drug-likeness (QED) is 0.485. The van der Waals surface area contributed by atoms with Crippen LogP contribution in [0.15, 0.2) is 4.99 Å². The number of nitrogens with zero attached hydrogens (tertiary/aromatic N) is 1. The third-order valence-electron chi connectivity index (χ3n) is 1.79. The molecule has 0 saturated heterocycles. The summed E-state index contributed by atoms with van der Waals surface area (Å²) in [6.07, 6.45) is 3.36. The Bertz CT molecular complexity index is 141. The Morgan fingerprint density at radius 3 is 2.33 bits per heavy atom. The van der Waals surface area contributed by atoms with Crippen molar-refractivity contribution in [1.82, 2.24) is 0 Å². The van der Waals surface area contributed by atoms with Crippen LogP contribution in [0.5, 0.6) is 0 Å². The zero-order valence-electron chi connectivity index (χ0n) is 8.92. The van der Waals surface area contributed by atoms with Gasteiger partial charge >= 0.3 is 0 Å². The lowest BCUT2D eigenvalue weighted by Gasteiger charge is -2.11. The minimum Gasteiger partial charge on any atom is -0.283 e. The molecule has 1 atom stereocenters. The van der Waals surface area contributed by atoms with E-state index < -0.39 is 0 Å². The van der Waals surface area contributed by atoms with Crippen molar-refractivity contribution in [3.63, 3.8) is 0 Å². The number of hydrogen-bond donors (Lipinski definition) is 0. The Balaban J connectivity index is 3.62. The molecule has 0 saturated carbocycles. The summed E-state index contributed by atoms with van der Waals surface area (Å²) >= 11 is 1.74. The lowest BCUT2D eigenvalue weighted by Crippen LogP contribution is -2.04. The molecule has 0 aliphatic rings. The van der Waals surface area contributed by atoms with Crippen LogP contribution in [0.3, 0.4) is 0 Å². The highest BCUT2D eigenvalue weighted by molar-refractivity contribution is 8.13. The van der Waals surface area contributed by atoms with Crippen LogP contribution in [-0.4, -0.2) is 17.8 Å². The smallest absolute Gasteiger partial charge is 0.0642 e. The predicted molar refractivity (Wildman–Crippen MR) is 60.1 cm³/mol. The van der Waals surface area contributed by atoms with Gasteiger partial charge in [0.25, 0.3) is 0 Å². The van der Waals surface area contributed by atoms with Gasteiger partial charge in [-0.1, -0.05) is 20.8 Å². The number of thioether (sulfide) groups is 1. The van der Waals surface area contributed by atoms with Gasteiger partial charge in [-0.25, -0.2) is 0 Å². The Morgan fingerprint density at radius 1 is 1.33 bits per heavy atom. The van der Waals surface area contributed by atoms with Crippen LogP contribution in [-0.2, 0) is 0 Å². The number of aliphatic imine (C=N–C) groups is 1. The number of rotatable bonds is 4. The maximum absolute atomic E-state index is 4.48. The normalized spacial score (nSPS) is 15.3. The van der Waals surface area contributed by atoms with Gasteiger partial charge in [0.2, 0.25) is 0 Å². The summed E-state index contributed by atoms with van der Waals surface area (Å²) in [7, 11) is 0. The summed E-state index contributed by atoms with van der Waals surface area (Å²) < 4.78 is 0. The molecule has 0 aromatic heterocycles. The van der Waals surface area contributed by atoms with Crippen LogP contribution in [0.1, 0.15) is 34.1 Å². The molecule has 1 nitrogen and oxygen atoms in total. The fourth-order valence-corrected chi connectivity index (χ4v) is 1.43. The lowest BCUT2D eigenvalue weighted by atomic mass is 9.99. The van der Waals surface area contributed by atoms with Crippen molar-refractivity contribution in [3.8, 4) is 0 Å². The molecular formula is C10H21NS. The molecule has 0 bridgehead atoms. The second kappa shape index (κ2) is 6.53. The predicted octanol–water partition coefficient (Wildman–Crippen LogP) is 3.45. The van der Waals surface area contributed by atoms with Crippen LogP contribution in [0, 0.1) is 11.8 Å². The van der Waals surface area contributed by atoms with Gasteiger partial charge in [-0.15, -0.1) is 11.8 Å². The SMILES string of the molecule is CSC(C)=NCC(C)CC(C)C. The Hall–Kier alpha value is 0.0200. The van der Waals surface area contributed by atoms with Crippen LogP contribution in [0.25, 0.3) is 0 Å². The van der Waals surface area contributed by atoms with E-state index in [-0.39, 0.29) is 0 Å². The van der Waals surface area contributed by atoms with Gasteiger partial charge in [-0.05, 0) is 31.4 Å². The third-order valence-corrected chi connectivity index (χ3v) is 2.51. The van der Waals surface area contributed by atoms with E-state index in [2.05, 4.69) is 38.9 Å². The highest BCUT2D eigenvalue weighted by atomic mass is 32.2. The average Bonchev–Trinajstić information content (AvgIpc) is 1.99. The van der Waals surface area contributed by atoms with E-state index in [9.17, 15) is 0 Å². The van der Waals surface area contributed by atoms with Crippen molar-refractivity contribution in [3.05, 3.63) is 0 Å². The molecule has 72 valence electrons. The van der Waals surface area contributed by atoms with Crippen molar-refractivity contribution in [2.75, 3.05) is 12.8 Å². The largest absolute Gasteiger partial charge is 0.283 e. The summed E-state index contributed by atoms with van der Waals surface area (Å²) in [6, 6.07) is 0. The molecule has 0 aliphatic heterocycles. The third kappa shape index (κ3) is 6.71. The molecule has 2 heteroatoms.